The number of rotatable bonds is 8. The first-order valence-electron chi connectivity index (χ1n) is 11.4. The van der Waals surface area contributed by atoms with Gasteiger partial charge in [0.15, 0.2) is 5.16 Å². The number of para-hydroxylation sites is 1. The second-order valence-corrected chi connectivity index (χ2v) is 9.03. The quantitative estimate of drug-likeness (QED) is 0.280. The van der Waals surface area contributed by atoms with Crippen LogP contribution < -0.4 is 15.8 Å². The van der Waals surface area contributed by atoms with Gasteiger partial charge in [0.05, 0.1) is 17.0 Å². The molecule has 0 atom stereocenters. The Morgan fingerprint density at radius 2 is 1.82 bits per heavy atom. The Bertz CT molecular complexity index is 1370. The van der Waals surface area contributed by atoms with Crippen LogP contribution in [0.4, 0.5) is 11.4 Å². The summed E-state index contributed by atoms with van der Waals surface area (Å²) in [5, 5.41) is 3.48. The minimum atomic E-state index is -0.185. The lowest BCUT2D eigenvalue weighted by atomic mass is 10.1. The van der Waals surface area contributed by atoms with Crippen molar-refractivity contribution in [3.05, 3.63) is 76.2 Å². The molecule has 176 valence electrons. The van der Waals surface area contributed by atoms with E-state index in [1.165, 1.54) is 11.8 Å². The van der Waals surface area contributed by atoms with Crippen molar-refractivity contribution in [2.24, 2.45) is 0 Å². The molecule has 4 rings (SSSR count). The molecule has 34 heavy (non-hydrogen) atoms. The number of aromatic nitrogens is 3. The van der Waals surface area contributed by atoms with Crippen LogP contribution >= 0.6 is 11.8 Å². The van der Waals surface area contributed by atoms with E-state index in [1.54, 1.807) is 4.57 Å². The number of aryl methyl sites for hydroxylation is 2. The lowest BCUT2D eigenvalue weighted by molar-refractivity contribution is -0.113. The molecule has 0 aliphatic carbocycles. The topological polar surface area (TPSA) is 83.0 Å². The number of nitrogens with one attached hydrogen (secondary N) is 2. The SMILES string of the molecule is CCN(CC)c1ccc(NC(=O)CSc2nc3cc(C)[nH]c3c(=O)n2-c2ccccc2)c(C)c1. The Balaban J connectivity index is 1.57. The van der Waals surface area contributed by atoms with Gasteiger partial charge in [-0.25, -0.2) is 4.98 Å². The fraction of sp³-hybridized carbons (Fsp3) is 0.269. The predicted octanol–water partition coefficient (Wildman–Crippen LogP) is 4.91. The van der Waals surface area contributed by atoms with Crippen LogP contribution in [0.5, 0.6) is 0 Å². The van der Waals surface area contributed by atoms with E-state index in [4.69, 9.17) is 0 Å². The second-order valence-electron chi connectivity index (χ2n) is 8.09. The van der Waals surface area contributed by atoms with Crippen molar-refractivity contribution < 1.29 is 4.79 Å². The fourth-order valence-electron chi connectivity index (χ4n) is 3.97. The first kappa shape index (κ1) is 23.6. The van der Waals surface area contributed by atoms with Gasteiger partial charge in [0, 0.05) is 30.2 Å². The third kappa shape index (κ3) is 4.87. The normalized spacial score (nSPS) is 11.1. The van der Waals surface area contributed by atoms with Crippen molar-refractivity contribution in [3.63, 3.8) is 0 Å². The Morgan fingerprint density at radius 1 is 1.09 bits per heavy atom. The van der Waals surface area contributed by atoms with Gasteiger partial charge in [-0.1, -0.05) is 30.0 Å². The maximum absolute atomic E-state index is 13.3. The van der Waals surface area contributed by atoms with Crippen molar-refractivity contribution in [2.45, 2.75) is 32.9 Å². The Morgan fingerprint density at radius 3 is 2.50 bits per heavy atom. The van der Waals surface area contributed by atoms with Crippen molar-refractivity contribution in [1.29, 1.82) is 0 Å². The highest BCUT2D eigenvalue weighted by atomic mass is 32.2. The molecule has 2 aromatic carbocycles. The number of benzene rings is 2. The van der Waals surface area contributed by atoms with Gasteiger partial charge >= 0.3 is 0 Å². The number of carbonyl (C=O) groups excluding carboxylic acids is 1. The summed E-state index contributed by atoms with van der Waals surface area (Å²) in [6.07, 6.45) is 0. The maximum Gasteiger partial charge on any atom is 0.283 e. The molecule has 0 spiro atoms. The lowest BCUT2D eigenvalue weighted by Gasteiger charge is -2.22. The number of nitrogens with zero attached hydrogens (tertiary/aromatic N) is 3. The minimum absolute atomic E-state index is 0.130. The minimum Gasteiger partial charge on any atom is -0.372 e. The first-order chi connectivity index (χ1) is 16.4. The molecule has 0 aliphatic rings. The Labute approximate surface area is 203 Å². The highest BCUT2D eigenvalue weighted by molar-refractivity contribution is 7.99. The van der Waals surface area contributed by atoms with Gasteiger partial charge in [-0.15, -0.1) is 0 Å². The maximum atomic E-state index is 13.3. The fourth-order valence-corrected chi connectivity index (χ4v) is 4.78. The number of hydrogen-bond acceptors (Lipinski definition) is 5. The molecule has 2 heterocycles. The number of aromatic amines is 1. The summed E-state index contributed by atoms with van der Waals surface area (Å²) in [6, 6.07) is 17.3. The van der Waals surface area contributed by atoms with Crippen molar-refractivity contribution in [3.8, 4) is 5.69 Å². The van der Waals surface area contributed by atoms with Gasteiger partial charge in [-0.3, -0.25) is 14.2 Å². The number of fused-ring (bicyclic) bond motifs is 1. The molecule has 2 aromatic heterocycles. The van der Waals surface area contributed by atoms with Crippen LogP contribution in [0.3, 0.4) is 0 Å². The van der Waals surface area contributed by atoms with Crippen LogP contribution in [0.1, 0.15) is 25.1 Å². The molecule has 0 saturated heterocycles. The lowest BCUT2D eigenvalue weighted by Crippen LogP contribution is -2.23. The van der Waals surface area contributed by atoms with Crippen LogP contribution in [-0.2, 0) is 4.79 Å². The third-order valence-electron chi connectivity index (χ3n) is 5.72. The van der Waals surface area contributed by atoms with Gasteiger partial charge in [0.25, 0.3) is 5.56 Å². The zero-order valence-corrected chi connectivity index (χ0v) is 20.7. The molecule has 8 heteroatoms. The Kier molecular flexibility index (Phi) is 7.07. The molecule has 0 fully saturated rings. The molecule has 4 aromatic rings. The predicted molar refractivity (Wildman–Crippen MR) is 141 cm³/mol. The van der Waals surface area contributed by atoms with Crippen molar-refractivity contribution in [2.75, 3.05) is 29.1 Å². The second kappa shape index (κ2) is 10.2. The van der Waals surface area contributed by atoms with Crippen molar-refractivity contribution in [1.82, 2.24) is 14.5 Å². The summed E-state index contributed by atoms with van der Waals surface area (Å²) >= 11 is 1.25. The van der Waals surface area contributed by atoms with E-state index in [0.717, 1.165) is 35.7 Å². The monoisotopic (exact) mass is 475 g/mol. The van der Waals surface area contributed by atoms with Gasteiger partial charge in [0.2, 0.25) is 5.91 Å². The van der Waals surface area contributed by atoms with E-state index in [-0.39, 0.29) is 17.2 Å². The number of hydrogen-bond donors (Lipinski definition) is 2. The molecule has 2 N–H and O–H groups in total. The molecule has 0 saturated carbocycles. The van der Waals surface area contributed by atoms with E-state index in [1.807, 2.05) is 62.4 Å². The highest BCUT2D eigenvalue weighted by Crippen LogP contribution is 2.25. The zero-order chi connectivity index (χ0) is 24.2. The molecule has 0 bridgehead atoms. The molecular formula is C26H29N5O2S. The standard InChI is InChI=1S/C26H29N5O2S/c1-5-30(6-2)20-12-13-21(17(3)14-20)28-23(32)16-34-26-29-22-15-18(4)27-24(22)25(33)31(26)19-10-8-7-9-11-19/h7-15,27H,5-6,16H2,1-4H3,(H,28,32). The summed E-state index contributed by atoms with van der Waals surface area (Å²) < 4.78 is 1.56. The van der Waals surface area contributed by atoms with Crippen LogP contribution in [0.25, 0.3) is 16.7 Å². The summed E-state index contributed by atoms with van der Waals surface area (Å²) in [6.45, 7) is 10.00. The number of amides is 1. The third-order valence-corrected chi connectivity index (χ3v) is 6.65. The number of thioether (sulfide) groups is 1. The molecule has 7 nitrogen and oxygen atoms in total. The summed E-state index contributed by atoms with van der Waals surface area (Å²) in [5.74, 6) is -0.0197. The Hall–Kier alpha value is -3.52. The largest absolute Gasteiger partial charge is 0.372 e. The average Bonchev–Trinajstić information content (AvgIpc) is 3.21. The first-order valence-corrected chi connectivity index (χ1v) is 12.4. The smallest absolute Gasteiger partial charge is 0.283 e. The number of anilines is 2. The molecule has 1 amide bonds. The van der Waals surface area contributed by atoms with Gasteiger partial charge in [-0.05, 0) is 69.7 Å². The highest BCUT2D eigenvalue weighted by Gasteiger charge is 2.16. The van der Waals surface area contributed by atoms with E-state index in [0.29, 0.717) is 21.9 Å². The zero-order valence-electron chi connectivity index (χ0n) is 19.9. The van der Waals surface area contributed by atoms with Crippen molar-refractivity contribution >= 4 is 40.1 Å². The number of carbonyl (C=O) groups is 1. The summed E-state index contributed by atoms with van der Waals surface area (Å²) in [7, 11) is 0. The van der Waals surface area contributed by atoms with E-state index >= 15 is 0 Å². The van der Waals surface area contributed by atoms with E-state index < -0.39 is 0 Å². The molecule has 0 radical (unpaired) electrons. The molecule has 0 aliphatic heterocycles. The summed E-state index contributed by atoms with van der Waals surface area (Å²) in [4.78, 5) is 36.1. The van der Waals surface area contributed by atoms with Crippen LogP contribution in [0.2, 0.25) is 0 Å². The van der Waals surface area contributed by atoms with E-state index in [9.17, 15) is 9.59 Å². The van der Waals surface area contributed by atoms with Crippen LogP contribution in [0.15, 0.2) is 64.5 Å². The molecular weight excluding hydrogens is 446 g/mol. The van der Waals surface area contributed by atoms with Gasteiger partial charge < -0.3 is 15.2 Å². The van der Waals surface area contributed by atoms with Gasteiger partial charge in [-0.2, -0.15) is 0 Å². The van der Waals surface area contributed by atoms with Crippen LogP contribution in [-0.4, -0.2) is 39.3 Å². The van der Waals surface area contributed by atoms with Crippen LogP contribution in [0, 0.1) is 13.8 Å². The molecule has 0 unspecified atom stereocenters. The summed E-state index contributed by atoms with van der Waals surface area (Å²) in [5.41, 5.74) is 5.37. The van der Waals surface area contributed by atoms with E-state index in [2.05, 4.69) is 40.1 Å². The average molecular weight is 476 g/mol. The number of H-pyrrole nitrogens is 1. The van der Waals surface area contributed by atoms with Gasteiger partial charge in [0.1, 0.15) is 5.52 Å².